The predicted molar refractivity (Wildman–Crippen MR) is 75.4 cm³/mol. The van der Waals surface area contributed by atoms with Gasteiger partial charge in [-0.1, -0.05) is 35.0 Å². The lowest BCUT2D eigenvalue weighted by Crippen LogP contribution is -2.27. The van der Waals surface area contributed by atoms with Crippen LogP contribution in [0.3, 0.4) is 0 Å². The zero-order valence-corrected chi connectivity index (χ0v) is 12.2. The topological polar surface area (TPSA) is 29.1 Å². The van der Waals surface area contributed by atoms with Gasteiger partial charge in [0.05, 0.1) is 6.42 Å². The first kappa shape index (κ1) is 14.5. The van der Waals surface area contributed by atoms with Crippen molar-refractivity contribution in [2.24, 2.45) is 0 Å². The standard InChI is InChI=1S/C13H17BrClNO/c1-2-12(15)7-8-16-13(17)9-10-3-5-11(14)6-4-10/h3-6,12H,2,7-9H2,1H3,(H,16,17). The number of benzene rings is 1. The lowest BCUT2D eigenvalue weighted by atomic mass is 10.1. The van der Waals surface area contributed by atoms with Crippen LogP contribution in [0.4, 0.5) is 0 Å². The van der Waals surface area contributed by atoms with E-state index < -0.39 is 0 Å². The number of alkyl halides is 1. The highest BCUT2D eigenvalue weighted by Crippen LogP contribution is 2.11. The molecule has 0 saturated heterocycles. The molecule has 0 radical (unpaired) electrons. The Morgan fingerprint density at radius 2 is 2.06 bits per heavy atom. The second-order valence-electron chi connectivity index (χ2n) is 3.95. The summed E-state index contributed by atoms with van der Waals surface area (Å²) in [4.78, 5) is 11.6. The summed E-state index contributed by atoms with van der Waals surface area (Å²) in [6.07, 6.45) is 2.18. The maximum Gasteiger partial charge on any atom is 0.224 e. The number of rotatable bonds is 6. The molecule has 0 saturated carbocycles. The first-order valence-corrected chi connectivity index (χ1v) is 7.00. The summed E-state index contributed by atoms with van der Waals surface area (Å²) in [5.74, 6) is 0.0484. The van der Waals surface area contributed by atoms with Crippen LogP contribution >= 0.6 is 27.5 Å². The van der Waals surface area contributed by atoms with Crippen molar-refractivity contribution in [3.8, 4) is 0 Å². The third-order valence-corrected chi connectivity index (χ3v) is 3.56. The first-order chi connectivity index (χ1) is 8.11. The molecular formula is C13H17BrClNO. The van der Waals surface area contributed by atoms with Crippen LogP contribution in [0.1, 0.15) is 25.3 Å². The van der Waals surface area contributed by atoms with Gasteiger partial charge in [-0.15, -0.1) is 11.6 Å². The van der Waals surface area contributed by atoms with E-state index >= 15 is 0 Å². The molecule has 0 aliphatic heterocycles. The molecule has 1 atom stereocenters. The Balaban J connectivity index is 2.27. The van der Waals surface area contributed by atoms with Crippen LogP contribution in [-0.4, -0.2) is 17.8 Å². The number of carbonyl (C=O) groups excluding carboxylic acids is 1. The van der Waals surface area contributed by atoms with E-state index in [-0.39, 0.29) is 11.3 Å². The zero-order chi connectivity index (χ0) is 12.7. The fraction of sp³-hybridized carbons (Fsp3) is 0.462. The Morgan fingerprint density at radius 3 is 2.65 bits per heavy atom. The summed E-state index contributed by atoms with van der Waals surface area (Å²) >= 11 is 9.33. The highest BCUT2D eigenvalue weighted by molar-refractivity contribution is 9.10. The van der Waals surface area contributed by atoms with Crippen molar-refractivity contribution >= 4 is 33.4 Å². The molecule has 0 aliphatic rings. The molecule has 0 spiro atoms. The smallest absolute Gasteiger partial charge is 0.224 e. The third-order valence-electron chi connectivity index (χ3n) is 2.50. The van der Waals surface area contributed by atoms with Gasteiger partial charge >= 0.3 is 0 Å². The summed E-state index contributed by atoms with van der Waals surface area (Å²) in [7, 11) is 0. The Morgan fingerprint density at radius 1 is 1.41 bits per heavy atom. The van der Waals surface area contributed by atoms with Gasteiger partial charge in [-0.3, -0.25) is 4.79 Å². The first-order valence-electron chi connectivity index (χ1n) is 5.77. The van der Waals surface area contributed by atoms with Gasteiger partial charge in [-0.2, -0.15) is 0 Å². The Hall–Kier alpha value is -0.540. The fourth-order valence-electron chi connectivity index (χ4n) is 1.42. The van der Waals surface area contributed by atoms with E-state index in [9.17, 15) is 4.79 Å². The summed E-state index contributed by atoms with van der Waals surface area (Å²) in [6.45, 7) is 2.69. The van der Waals surface area contributed by atoms with Gasteiger partial charge < -0.3 is 5.32 Å². The third kappa shape index (κ3) is 6.08. The van der Waals surface area contributed by atoms with Crippen molar-refractivity contribution in [2.45, 2.75) is 31.6 Å². The molecule has 0 bridgehead atoms. The molecule has 1 N–H and O–H groups in total. The van der Waals surface area contributed by atoms with Gasteiger partial charge in [0.25, 0.3) is 0 Å². The average Bonchev–Trinajstić information content (AvgIpc) is 2.32. The molecule has 1 unspecified atom stereocenters. The number of nitrogens with one attached hydrogen (secondary N) is 1. The van der Waals surface area contributed by atoms with Gasteiger partial charge in [0.15, 0.2) is 0 Å². The number of amides is 1. The number of hydrogen-bond donors (Lipinski definition) is 1. The number of carbonyl (C=O) groups is 1. The van der Waals surface area contributed by atoms with Crippen LogP contribution in [0.2, 0.25) is 0 Å². The van der Waals surface area contributed by atoms with Gasteiger partial charge in [0, 0.05) is 16.4 Å². The van der Waals surface area contributed by atoms with E-state index in [1.807, 2.05) is 31.2 Å². The van der Waals surface area contributed by atoms with Crippen molar-refractivity contribution in [1.29, 1.82) is 0 Å². The average molecular weight is 319 g/mol. The minimum atomic E-state index is 0.0484. The summed E-state index contributed by atoms with van der Waals surface area (Å²) in [5.41, 5.74) is 1.02. The zero-order valence-electron chi connectivity index (χ0n) is 9.88. The van der Waals surface area contributed by atoms with Crippen molar-refractivity contribution in [2.75, 3.05) is 6.54 Å². The van der Waals surface area contributed by atoms with Gasteiger partial charge in [-0.05, 0) is 30.5 Å². The SMILES string of the molecule is CCC(Cl)CCNC(=O)Cc1ccc(Br)cc1. The molecule has 1 aromatic carbocycles. The van der Waals surface area contributed by atoms with E-state index in [1.54, 1.807) is 0 Å². The van der Waals surface area contributed by atoms with Crippen LogP contribution in [0.5, 0.6) is 0 Å². The second kappa shape index (κ2) is 7.72. The van der Waals surface area contributed by atoms with E-state index in [0.29, 0.717) is 13.0 Å². The Bertz CT molecular complexity index is 353. The lowest BCUT2D eigenvalue weighted by molar-refractivity contribution is -0.120. The van der Waals surface area contributed by atoms with Crippen LogP contribution in [-0.2, 0) is 11.2 Å². The quantitative estimate of drug-likeness (QED) is 0.799. The largest absolute Gasteiger partial charge is 0.356 e. The van der Waals surface area contributed by atoms with Crippen LogP contribution in [0.25, 0.3) is 0 Å². The van der Waals surface area contributed by atoms with E-state index in [4.69, 9.17) is 11.6 Å². The molecule has 0 aliphatic carbocycles. The van der Waals surface area contributed by atoms with Crippen LogP contribution in [0, 0.1) is 0 Å². The number of hydrogen-bond acceptors (Lipinski definition) is 1. The van der Waals surface area contributed by atoms with Crippen molar-refractivity contribution in [3.63, 3.8) is 0 Å². The van der Waals surface area contributed by atoms with Crippen molar-refractivity contribution in [3.05, 3.63) is 34.3 Å². The maximum atomic E-state index is 11.6. The monoisotopic (exact) mass is 317 g/mol. The predicted octanol–water partition coefficient (Wildman–Crippen LogP) is 3.52. The highest BCUT2D eigenvalue weighted by atomic mass is 79.9. The molecule has 0 aromatic heterocycles. The molecule has 1 aromatic rings. The molecule has 4 heteroatoms. The maximum absolute atomic E-state index is 11.6. The molecule has 1 rings (SSSR count). The minimum Gasteiger partial charge on any atom is -0.356 e. The van der Waals surface area contributed by atoms with Gasteiger partial charge in [-0.25, -0.2) is 0 Å². The normalized spacial score (nSPS) is 12.2. The highest BCUT2D eigenvalue weighted by Gasteiger charge is 2.05. The Kier molecular flexibility index (Phi) is 6.60. The van der Waals surface area contributed by atoms with Crippen molar-refractivity contribution in [1.82, 2.24) is 5.32 Å². The minimum absolute atomic E-state index is 0.0484. The Labute approximate surface area is 116 Å². The molecule has 0 heterocycles. The second-order valence-corrected chi connectivity index (χ2v) is 5.48. The van der Waals surface area contributed by atoms with E-state index in [1.165, 1.54) is 0 Å². The van der Waals surface area contributed by atoms with E-state index in [0.717, 1.165) is 22.9 Å². The summed E-state index contributed by atoms with van der Waals surface area (Å²) < 4.78 is 1.02. The number of halogens is 2. The summed E-state index contributed by atoms with van der Waals surface area (Å²) in [6, 6.07) is 7.77. The van der Waals surface area contributed by atoms with Crippen LogP contribution in [0.15, 0.2) is 28.7 Å². The lowest BCUT2D eigenvalue weighted by Gasteiger charge is -2.08. The molecular weight excluding hydrogens is 302 g/mol. The molecule has 0 fully saturated rings. The van der Waals surface area contributed by atoms with Gasteiger partial charge in [0.1, 0.15) is 0 Å². The molecule has 2 nitrogen and oxygen atoms in total. The fourth-order valence-corrected chi connectivity index (χ4v) is 1.80. The van der Waals surface area contributed by atoms with Gasteiger partial charge in [0.2, 0.25) is 5.91 Å². The molecule has 1 amide bonds. The van der Waals surface area contributed by atoms with Crippen molar-refractivity contribution < 1.29 is 4.79 Å². The molecule has 94 valence electrons. The van der Waals surface area contributed by atoms with Crippen LogP contribution < -0.4 is 5.32 Å². The van der Waals surface area contributed by atoms with E-state index in [2.05, 4.69) is 21.2 Å². The summed E-state index contributed by atoms with van der Waals surface area (Å²) in [5, 5.41) is 3.03. The molecule has 17 heavy (non-hydrogen) atoms.